The average molecular weight is 362 g/mol. The highest BCUT2D eigenvalue weighted by atomic mass is 32.2. The lowest BCUT2D eigenvalue weighted by Gasteiger charge is -2.25. The number of likely N-dealkylation sites (N-methyl/N-ethyl adjacent to an activating group) is 1. The van der Waals surface area contributed by atoms with Gasteiger partial charge in [-0.15, -0.1) is 0 Å². The summed E-state index contributed by atoms with van der Waals surface area (Å²) in [5, 5.41) is 0. The first-order chi connectivity index (χ1) is 11.8. The largest absolute Gasteiger partial charge is 0.496 e. The lowest BCUT2D eigenvalue weighted by molar-refractivity contribution is -0.128. The highest BCUT2D eigenvalue weighted by molar-refractivity contribution is 7.92. The van der Waals surface area contributed by atoms with Crippen molar-refractivity contribution < 1.29 is 17.9 Å². The Hall–Kier alpha value is -2.54. The highest BCUT2D eigenvalue weighted by Gasteiger charge is 2.22. The van der Waals surface area contributed by atoms with E-state index >= 15 is 0 Å². The second-order valence-electron chi connectivity index (χ2n) is 5.67. The minimum Gasteiger partial charge on any atom is -0.496 e. The number of benzene rings is 2. The molecular formula is C18H22N2O4S. The summed E-state index contributed by atoms with van der Waals surface area (Å²) in [4.78, 5) is 14.0. The van der Waals surface area contributed by atoms with Crippen LogP contribution in [-0.2, 0) is 21.4 Å². The Labute approximate surface area is 148 Å². The fourth-order valence-electron chi connectivity index (χ4n) is 2.42. The van der Waals surface area contributed by atoms with Crippen molar-refractivity contribution in [3.63, 3.8) is 0 Å². The third-order valence-electron chi connectivity index (χ3n) is 3.75. The van der Waals surface area contributed by atoms with Gasteiger partial charge in [0.1, 0.15) is 12.3 Å². The van der Waals surface area contributed by atoms with E-state index in [9.17, 15) is 13.2 Å². The van der Waals surface area contributed by atoms with Crippen LogP contribution in [-0.4, -0.2) is 46.2 Å². The van der Waals surface area contributed by atoms with Crippen LogP contribution in [0.4, 0.5) is 5.69 Å². The molecule has 0 atom stereocenters. The van der Waals surface area contributed by atoms with E-state index < -0.39 is 10.0 Å². The Bertz CT molecular complexity index is 822. The number of ether oxygens (including phenoxy) is 1. The Morgan fingerprint density at radius 3 is 2.24 bits per heavy atom. The molecule has 0 aliphatic rings. The van der Waals surface area contributed by atoms with Gasteiger partial charge in [-0.2, -0.15) is 0 Å². The molecule has 0 saturated heterocycles. The van der Waals surface area contributed by atoms with Crippen LogP contribution in [0.15, 0.2) is 54.6 Å². The molecule has 0 N–H and O–H groups in total. The number of para-hydroxylation sites is 2. The molecule has 0 spiro atoms. The van der Waals surface area contributed by atoms with E-state index in [4.69, 9.17) is 4.74 Å². The molecule has 6 nitrogen and oxygen atoms in total. The number of rotatable bonds is 7. The van der Waals surface area contributed by atoms with Crippen molar-refractivity contribution in [1.82, 2.24) is 4.90 Å². The van der Waals surface area contributed by atoms with E-state index in [0.29, 0.717) is 18.0 Å². The normalized spacial score (nSPS) is 11.0. The van der Waals surface area contributed by atoms with Crippen LogP contribution >= 0.6 is 0 Å². The SMILES string of the molecule is COc1ccccc1CN(C)C(=O)CN(c1ccccc1)S(C)(=O)=O. The molecule has 25 heavy (non-hydrogen) atoms. The fourth-order valence-corrected chi connectivity index (χ4v) is 3.26. The Morgan fingerprint density at radius 1 is 1.04 bits per heavy atom. The van der Waals surface area contributed by atoms with Crippen molar-refractivity contribution in [3.8, 4) is 5.75 Å². The zero-order valence-corrected chi connectivity index (χ0v) is 15.4. The summed E-state index contributed by atoms with van der Waals surface area (Å²) in [5.74, 6) is 0.380. The van der Waals surface area contributed by atoms with Gasteiger partial charge in [-0.1, -0.05) is 36.4 Å². The first kappa shape index (κ1) is 18.8. The zero-order valence-electron chi connectivity index (χ0n) is 14.5. The molecular weight excluding hydrogens is 340 g/mol. The predicted molar refractivity (Wildman–Crippen MR) is 98.1 cm³/mol. The van der Waals surface area contributed by atoms with Crippen molar-refractivity contribution >= 4 is 21.6 Å². The van der Waals surface area contributed by atoms with Crippen LogP contribution in [0.3, 0.4) is 0 Å². The van der Waals surface area contributed by atoms with Gasteiger partial charge in [0.2, 0.25) is 15.9 Å². The molecule has 0 aliphatic carbocycles. The van der Waals surface area contributed by atoms with Gasteiger partial charge in [-0.3, -0.25) is 9.10 Å². The van der Waals surface area contributed by atoms with Gasteiger partial charge in [-0.25, -0.2) is 8.42 Å². The molecule has 1 amide bonds. The molecule has 0 saturated carbocycles. The summed E-state index contributed by atoms with van der Waals surface area (Å²) in [6.45, 7) is 0.0731. The molecule has 7 heteroatoms. The van der Waals surface area contributed by atoms with Crippen LogP contribution in [0.2, 0.25) is 0 Å². The van der Waals surface area contributed by atoms with Crippen molar-refractivity contribution in [2.75, 3.05) is 31.3 Å². The molecule has 2 rings (SSSR count). The lowest BCUT2D eigenvalue weighted by atomic mass is 10.2. The van der Waals surface area contributed by atoms with E-state index in [2.05, 4.69) is 0 Å². The summed E-state index contributed by atoms with van der Waals surface area (Å²) >= 11 is 0. The molecule has 0 fully saturated rings. The summed E-state index contributed by atoms with van der Waals surface area (Å²) < 4.78 is 30.6. The first-order valence-electron chi connectivity index (χ1n) is 7.71. The molecule has 0 aliphatic heterocycles. The second kappa shape index (κ2) is 8.02. The molecule has 0 unspecified atom stereocenters. The number of hydrogen-bond donors (Lipinski definition) is 0. The minimum absolute atomic E-state index is 0.255. The Balaban J connectivity index is 2.15. The van der Waals surface area contributed by atoms with E-state index in [1.807, 2.05) is 24.3 Å². The van der Waals surface area contributed by atoms with Crippen molar-refractivity contribution in [3.05, 3.63) is 60.2 Å². The monoisotopic (exact) mass is 362 g/mol. The van der Waals surface area contributed by atoms with Gasteiger partial charge >= 0.3 is 0 Å². The Morgan fingerprint density at radius 2 is 1.64 bits per heavy atom. The number of anilines is 1. The molecule has 0 heterocycles. The molecule has 134 valence electrons. The summed E-state index contributed by atoms with van der Waals surface area (Å²) in [6.07, 6.45) is 1.09. The summed E-state index contributed by atoms with van der Waals surface area (Å²) in [5.41, 5.74) is 1.32. The topological polar surface area (TPSA) is 66.9 Å². The third kappa shape index (κ3) is 4.96. The average Bonchev–Trinajstić information content (AvgIpc) is 2.59. The van der Waals surface area contributed by atoms with E-state index in [1.54, 1.807) is 44.5 Å². The van der Waals surface area contributed by atoms with Crippen LogP contribution in [0, 0.1) is 0 Å². The highest BCUT2D eigenvalue weighted by Crippen LogP contribution is 2.20. The predicted octanol–water partition coefficient (Wildman–Crippen LogP) is 2.12. The number of carbonyl (C=O) groups excluding carboxylic acids is 1. The second-order valence-corrected chi connectivity index (χ2v) is 7.57. The van der Waals surface area contributed by atoms with E-state index in [0.717, 1.165) is 16.1 Å². The number of methoxy groups -OCH3 is 1. The molecule has 0 aromatic heterocycles. The minimum atomic E-state index is -3.57. The van der Waals surface area contributed by atoms with Crippen LogP contribution in [0.1, 0.15) is 5.56 Å². The quantitative estimate of drug-likeness (QED) is 0.757. The maximum atomic E-state index is 12.6. The molecule has 0 bridgehead atoms. The van der Waals surface area contributed by atoms with Crippen molar-refractivity contribution in [2.45, 2.75) is 6.54 Å². The van der Waals surface area contributed by atoms with Crippen LogP contribution < -0.4 is 9.04 Å². The maximum Gasteiger partial charge on any atom is 0.243 e. The molecule has 0 radical (unpaired) electrons. The molecule has 2 aromatic rings. The first-order valence-corrected chi connectivity index (χ1v) is 9.56. The number of sulfonamides is 1. The van der Waals surface area contributed by atoms with E-state index in [-0.39, 0.29) is 12.5 Å². The van der Waals surface area contributed by atoms with Crippen LogP contribution in [0.25, 0.3) is 0 Å². The Kier molecular flexibility index (Phi) is 6.03. The lowest BCUT2D eigenvalue weighted by Crippen LogP contribution is -2.41. The number of nitrogens with zero attached hydrogens (tertiary/aromatic N) is 2. The zero-order chi connectivity index (χ0) is 18.4. The van der Waals surface area contributed by atoms with Gasteiger partial charge < -0.3 is 9.64 Å². The fraction of sp³-hybridized carbons (Fsp3) is 0.278. The third-order valence-corrected chi connectivity index (χ3v) is 4.89. The van der Waals surface area contributed by atoms with Crippen LogP contribution in [0.5, 0.6) is 5.75 Å². The molecule has 2 aromatic carbocycles. The smallest absolute Gasteiger partial charge is 0.243 e. The van der Waals surface area contributed by atoms with Gasteiger partial charge in [0.05, 0.1) is 19.1 Å². The van der Waals surface area contributed by atoms with Gasteiger partial charge in [0.25, 0.3) is 0 Å². The summed E-state index contributed by atoms with van der Waals surface area (Å²) in [6, 6.07) is 16.0. The van der Waals surface area contributed by atoms with Gasteiger partial charge in [-0.05, 0) is 18.2 Å². The van der Waals surface area contributed by atoms with Gasteiger partial charge in [0.15, 0.2) is 0 Å². The number of carbonyl (C=O) groups is 1. The van der Waals surface area contributed by atoms with E-state index in [1.165, 1.54) is 4.90 Å². The number of amides is 1. The van der Waals surface area contributed by atoms with Crippen molar-refractivity contribution in [1.29, 1.82) is 0 Å². The van der Waals surface area contributed by atoms with Gasteiger partial charge in [0, 0.05) is 19.2 Å². The number of hydrogen-bond acceptors (Lipinski definition) is 4. The maximum absolute atomic E-state index is 12.6. The summed E-state index contributed by atoms with van der Waals surface area (Å²) in [7, 11) is -0.361. The standard InChI is InChI=1S/C18H22N2O4S/c1-19(13-15-9-7-8-12-17(15)24-2)18(21)14-20(25(3,22)23)16-10-5-4-6-11-16/h4-12H,13-14H2,1-3H3. The van der Waals surface area contributed by atoms with Crippen molar-refractivity contribution in [2.24, 2.45) is 0 Å².